The molecular formula is C17H21N3OS. The van der Waals surface area contributed by atoms with Crippen LogP contribution < -0.4 is 16.2 Å². The van der Waals surface area contributed by atoms with Gasteiger partial charge in [0.25, 0.3) is 5.56 Å². The summed E-state index contributed by atoms with van der Waals surface area (Å²) >= 11 is 5.32. The van der Waals surface area contributed by atoms with Crippen LogP contribution in [0.5, 0.6) is 0 Å². The van der Waals surface area contributed by atoms with Gasteiger partial charge in [0.15, 0.2) is 5.11 Å². The quantitative estimate of drug-likeness (QED) is 0.762. The lowest BCUT2D eigenvalue weighted by atomic mass is 10.1. The lowest BCUT2D eigenvalue weighted by molar-refractivity contribution is 0.883. The van der Waals surface area contributed by atoms with Crippen LogP contribution in [-0.2, 0) is 6.54 Å². The SMILES string of the molecule is Cc1cc(C)c(CNC(=S)Nc2cccc(C)c2C)c(=O)[nH]1. The summed E-state index contributed by atoms with van der Waals surface area (Å²) in [5.41, 5.74) is 5.81. The third-order valence-electron chi connectivity index (χ3n) is 3.77. The first-order chi connectivity index (χ1) is 10.4. The van der Waals surface area contributed by atoms with E-state index in [0.29, 0.717) is 17.2 Å². The second kappa shape index (κ2) is 6.75. The summed E-state index contributed by atoms with van der Waals surface area (Å²) in [7, 11) is 0. The highest BCUT2D eigenvalue weighted by Gasteiger charge is 2.07. The molecule has 0 aliphatic heterocycles. The van der Waals surface area contributed by atoms with E-state index in [9.17, 15) is 4.79 Å². The number of thiocarbonyl (C=S) groups is 1. The van der Waals surface area contributed by atoms with Crippen LogP contribution >= 0.6 is 12.2 Å². The lowest BCUT2D eigenvalue weighted by Gasteiger charge is -2.14. The third kappa shape index (κ3) is 3.74. The number of hydrogen-bond donors (Lipinski definition) is 3. The minimum absolute atomic E-state index is 0.0699. The van der Waals surface area contributed by atoms with E-state index in [2.05, 4.69) is 35.5 Å². The molecule has 0 radical (unpaired) electrons. The minimum atomic E-state index is -0.0699. The summed E-state index contributed by atoms with van der Waals surface area (Å²) in [5.74, 6) is 0. The van der Waals surface area contributed by atoms with Crippen molar-refractivity contribution in [1.29, 1.82) is 0 Å². The number of aryl methyl sites for hydroxylation is 3. The molecule has 0 unspecified atom stereocenters. The molecule has 0 spiro atoms. The standard InChI is InChI=1S/C17H21N3OS/c1-10-6-5-7-15(13(10)4)20-17(22)18-9-14-11(2)8-12(3)19-16(14)21/h5-8H,9H2,1-4H3,(H,19,21)(H2,18,20,22). The highest BCUT2D eigenvalue weighted by molar-refractivity contribution is 7.80. The maximum atomic E-state index is 12.0. The van der Waals surface area contributed by atoms with Crippen LogP contribution in [0.15, 0.2) is 29.1 Å². The minimum Gasteiger partial charge on any atom is -0.358 e. The van der Waals surface area contributed by atoms with E-state index < -0.39 is 0 Å². The molecule has 0 aliphatic rings. The molecule has 0 saturated carbocycles. The molecule has 0 fully saturated rings. The maximum absolute atomic E-state index is 12.0. The third-order valence-corrected chi connectivity index (χ3v) is 4.02. The second-order valence-corrected chi connectivity index (χ2v) is 5.91. The van der Waals surface area contributed by atoms with Gasteiger partial charge in [0.05, 0.1) is 0 Å². The topological polar surface area (TPSA) is 56.9 Å². The monoisotopic (exact) mass is 315 g/mol. The van der Waals surface area contributed by atoms with E-state index in [0.717, 1.165) is 22.5 Å². The average Bonchev–Trinajstić information content (AvgIpc) is 2.42. The first kappa shape index (κ1) is 16.2. The molecule has 22 heavy (non-hydrogen) atoms. The molecule has 1 heterocycles. The Hall–Kier alpha value is -2.14. The molecule has 0 saturated heterocycles. The van der Waals surface area contributed by atoms with Gasteiger partial charge in [-0.2, -0.15) is 0 Å². The van der Waals surface area contributed by atoms with Gasteiger partial charge in [0.2, 0.25) is 0 Å². The van der Waals surface area contributed by atoms with E-state index in [1.165, 1.54) is 5.56 Å². The first-order valence-corrected chi connectivity index (χ1v) is 7.59. The predicted octanol–water partition coefficient (Wildman–Crippen LogP) is 3.10. The summed E-state index contributed by atoms with van der Waals surface area (Å²) in [4.78, 5) is 14.8. The summed E-state index contributed by atoms with van der Waals surface area (Å²) in [6, 6.07) is 7.99. The number of pyridine rings is 1. The van der Waals surface area contributed by atoms with E-state index >= 15 is 0 Å². The fourth-order valence-electron chi connectivity index (χ4n) is 2.32. The van der Waals surface area contributed by atoms with E-state index in [-0.39, 0.29) is 5.56 Å². The van der Waals surface area contributed by atoms with Crippen LogP contribution in [0, 0.1) is 27.7 Å². The Morgan fingerprint density at radius 1 is 1.18 bits per heavy atom. The van der Waals surface area contributed by atoms with Crippen LogP contribution in [0.4, 0.5) is 5.69 Å². The smallest absolute Gasteiger partial charge is 0.253 e. The van der Waals surface area contributed by atoms with Gasteiger partial charge in [0.1, 0.15) is 0 Å². The molecule has 1 aromatic carbocycles. The van der Waals surface area contributed by atoms with Gasteiger partial charge in [-0.15, -0.1) is 0 Å². The van der Waals surface area contributed by atoms with Crippen molar-refractivity contribution in [2.45, 2.75) is 34.2 Å². The molecule has 3 N–H and O–H groups in total. The zero-order valence-electron chi connectivity index (χ0n) is 13.3. The van der Waals surface area contributed by atoms with Crippen molar-refractivity contribution >= 4 is 23.0 Å². The van der Waals surface area contributed by atoms with Crippen LogP contribution in [-0.4, -0.2) is 10.1 Å². The van der Waals surface area contributed by atoms with Crippen molar-refractivity contribution < 1.29 is 0 Å². The average molecular weight is 315 g/mol. The summed E-state index contributed by atoms with van der Waals surface area (Å²) < 4.78 is 0. The molecule has 0 bridgehead atoms. The zero-order chi connectivity index (χ0) is 16.3. The first-order valence-electron chi connectivity index (χ1n) is 7.19. The number of H-pyrrole nitrogens is 1. The Bertz CT molecular complexity index is 765. The Balaban J connectivity index is 2.05. The number of rotatable bonds is 3. The van der Waals surface area contributed by atoms with Crippen molar-refractivity contribution in [1.82, 2.24) is 10.3 Å². The van der Waals surface area contributed by atoms with Gasteiger partial charge in [-0.05, 0) is 68.7 Å². The van der Waals surface area contributed by atoms with Gasteiger partial charge < -0.3 is 15.6 Å². The van der Waals surface area contributed by atoms with Crippen LogP contribution in [0.25, 0.3) is 0 Å². The summed E-state index contributed by atoms with van der Waals surface area (Å²) in [6.07, 6.45) is 0. The van der Waals surface area contributed by atoms with Crippen molar-refractivity contribution in [3.8, 4) is 0 Å². The number of aromatic amines is 1. The number of aromatic nitrogens is 1. The van der Waals surface area contributed by atoms with Crippen molar-refractivity contribution in [2.24, 2.45) is 0 Å². The number of anilines is 1. The predicted molar refractivity (Wildman–Crippen MR) is 95.5 cm³/mol. The Morgan fingerprint density at radius 3 is 2.59 bits per heavy atom. The molecule has 0 amide bonds. The normalized spacial score (nSPS) is 10.4. The lowest BCUT2D eigenvalue weighted by Crippen LogP contribution is -2.31. The zero-order valence-corrected chi connectivity index (χ0v) is 14.1. The fraction of sp³-hybridized carbons (Fsp3) is 0.294. The van der Waals surface area contributed by atoms with Gasteiger partial charge in [-0.25, -0.2) is 0 Å². The molecule has 2 rings (SSSR count). The fourth-order valence-corrected chi connectivity index (χ4v) is 2.51. The Kier molecular flexibility index (Phi) is 4.98. The van der Waals surface area contributed by atoms with Crippen molar-refractivity contribution in [3.63, 3.8) is 0 Å². The molecule has 2 aromatic rings. The molecule has 116 valence electrons. The molecular weight excluding hydrogens is 294 g/mol. The van der Waals surface area contributed by atoms with E-state index in [1.54, 1.807) is 0 Å². The number of nitrogens with one attached hydrogen (secondary N) is 3. The molecule has 4 nitrogen and oxygen atoms in total. The molecule has 0 aliphatic carbocycles. The molecule has 5 heteroatoms. The van der Waals surface area contributed by atoms with Crippen LogP contribution in [0.2, 0.25) is 0 Å². The van der Waals surface area contributed by atoms with Crippen molar-refractivity contribution in [2.75, 3.05) is 5.32 Å². The number of hydrogen-bond acceptors (Lipinski definition) is 2. The van der Waals surface area contributed by atoms with Gasteiger partial charge in [-0.1, -0.05) is 12.1 Å². The molecule has 1 aromatic heterocycles. The Labute approximate surface area is 136 Å². The van der Waals surface area contributed by atoms with E-state index in [1.807, 2.05) is 32.0 Å². The van der Waals surface area contributed by atoms with Crippen LogP contribution in [0.3, 0.4) is 0 Å². The maximum Gasteiger partial charge on any atom is 0.253 e. The molecule has 0 atom stereocenters. The van der Waals surface area contributed by atoms with Crippen LogP contribution in [0.1, 0.15) is 27.9 Å². The summed E-state index contributed by atoms with van der Waals surface area (Å²) in [6.45, 7) is 8.32. The van der Waals surface area contributed by atoms with Gasteiger partial charge in [-0.3, -0.25) is 4.79 Å². The number of benzene rings is 1. The highest BCUT2D eigenvalue weighted by atomic mass is 32.1. The highest BCUT2D eigenvalue weighted by Crippen LogP contribution is 2.17. The van der Waals surface area contributed by atoms with Crippen molar-refractivity contribution in [3.05, 3.63) is 62.6 Å². The Morgan fingerprint density at radius 2 is 1.91 bits per heavy atom. The van der Waals surface area contributed by atoms with E-state index in [4.69, 9.17) is 12.2 Å². The summed E-state index contributed by atoms with van der Waals surface area (Å²) in [5, 5.41) is 6.78. The van der Waals surface area contributed by atoms with Gasteiger partial charge in [0, 0.05) is 23.5 Å². The largest absolute Gasteiger partial charge is 0.358 e. The van der Waals surface area contributed by atoms with Gasteiger partial charge >= 0.3 is 0 Å². The second-order valence-electron chi connectivity index (χ2n) is 5.50.